The first-order chi connectivity index (χ1) is 15.0. The fraction of sp³-hybridized carbons (Fsp3) is 0.200. The molecule has 0 saturated carbocycles. The maximum Gasteiger partial charge on any atom is 0.255 e. The van der Waals surface area contributed by atoms with Crippen molar-refractivity contribution >= 4 is 16.7 Å². The number of fused-ring (bicyclic) bond motifs is 1. The fourth-order valence-electron chi connectivity index (χ4n) is 3.40. The standard InChI is InChI=1S/C25H24N2O4/c1-16-23(17(2)31-27-16)15-30-24-13-20-7-5-4-6-19(20)12-22(24)25(28)26-14-18-8-10-21(29-3)11-9-18/h4-13H,14-15H2,1-3H3,(H,26,28). The van der Waals surface area contributed by atoms with Crippen molar-refractivity contribution in [1.29, 1.82) is 0 Å². The van der Waals surface area contributed by atoms with Gasteiger partial charge < -0.3 is 19.3 Å². The lowest BCUT2D eigenvalue weighted by Gasteiger charge is -2.14. The lowest BCUT2D eigenvalue weighted by atomic mass is 10.0. The van der Waals surface area contributed by atoms with Crippen LogP contribution >= 0.6 is 0 Å². The molecule has 158 valence electrons. The van der Waals surface area contributed by atoms with E-state index in [9.17, 15) is 4.79 Å². The summed E-state index contributed by atoms with van der Waals surface area (Å²) in [5, 5.41) is 8.93. The quantitative estimate of drug-likeness (QED) is 0.461. The second-order valence-corrected chi connectivity index (χ2v) is 7.32. The maximum absolute atomic E-state index is 13.1. The van der Waals surface area contributed by atoms with E-state index in [1.54, 1.807) is 7.11 Å². The first kappa shape index (κ1) is 20.5. The van der Waals surface area contributed by atoms with E-state index in [-0.39, 0.29) is 12.5 Å². The molecule has 0 saturated heterocycles. The maximum atomic E-state index is 13.1. The summed E-state index contributed by atoms with van der Waals surface area (Å²) in [6.07, 6.45) is 0. The number of ether oxygens (including phenoxy) is 2. The van der Waals surface area contributed by atoms with Gasteiger partial charge in [-0.15, -0.1) is 0 Å². The Morgan fingerprint density at radius 1 is 1.03 bits per heavy atom. The van der Waals surface area contributed by atoms with Crippen LogP contribution in [0.15, 0.2) is 65.2 Å². The number of rotatable bonds is 7. The topological polar surface area (TPSA) is 73.6 Å². The molecule has 0 atom stereocenters. The van der Waals surface area contributed by atoms with Crippen molar-refractivity contribution in [3.05, 3.63) is 88.8 Å². The number of carbonyl (C=O) groups excluding carboxylic acids is 1. The molecular weight excluding hydrogens is 392 g/mol. The summed E-state index contributed by atoms with van der Waals surface area (Å²) in [4.78, 5) is 13.1. The third kappa shape index (κ3) is 4.53. The van der Waals surface area contributed by atoms with Gasteiger partial charge in [-0.1, -0.05) is 41.6 Å². The molecule has 31 heavy (non-hydrogen) atoms. The Morgan fingerprint density at radius 3 is 2.39 bits per heavy atom. The van der Waals surface area contributed by atoms with Gasteiger partial charge in [0.25, 0.3) is 5.91 Å². The predicted octanol–water partition coefficient (Wildman–Crippen LogP) is 4.96. The van der Waals surface area contributed by atoms with Crippen LogP contribution in [0.25, 0.3) is 10.8 Å². The average molecular weight is 416 g/mol. The van der Waals surface area contributed by atoms with Gasteiger partial charge in [0.1, 0.15) is 23.9 Å². The third-order valence-electron chi connectivity index (χ3n) is 5.26. The molecule has 6 nitrogen and oxygen atoms in total. The Bertz CT molecular complexity index is 1190. The Balaban J connectivity index is 1.58. The van der Waals surface area contributed by atoms with Crippen molar-refractivity contribution in [1.82, 2.24) is 10.5 Å². The first-order valence-electron chi connectivity index (χ1n) is 10.0. The van der Waals surface area contributed by atoms with E-state index in [0.29, 0.717) is 23.6 Å². The molecule has 6 heteroatoms. The van der Waals surface area contributed by atoms with Crippen LogP contribution < -0.4 is 14.8 Å². The van der Waals surface area contributed by atoms with Gasteiger partial charge in [0.15, 0.2) is 0 Å². The van der Waals surface area contributed by atoms with Crippen LogP contribution in [0.5, 0.6) is 11.5 Å². The number of benzene rings is 3. The highest BCUT2D eigenvalue weighted by Crippen LogP contribution is 2.28. The van der Waals surface area contributed by atoms with Crippen molar-refractivity contribution in [2.24, 2.45) is 0 Å². The van der Waals surface area contributed by atoms with Crippen molar-refractivity contribution in [2.45, 2.75) is 27.0 Å². The molecule has 1 amide bonds. The number of hydrogen-bond donors (Lipinski definition) is 1. The molecule has 3 aromatic carbocycles. The number of amides is 1. The highest BCUT2D eigenvalue weighted by molar-refractivity contribution is 6.01. The van der Waals surface area contributed by atoms with Crippen molar-refractivity contribution in [2.75, 3.05) is 7.11 Å². The van der Waals surface area contributed by atoms with E-state index in [2.05, 4.69) is 10.5 Å². The van der Waals surface area contributed by atoms with Crippen LogP contribution in [0.3, 0.4) is 0 Å². The fourth-order valence-corrected chi connectivity index (χ4v) is 3.40. The Labute approximate surface area is 180 Å². The van der Waals surface area contributed by atoms with Crippen LogP contribution in [-0.4, -0.2) is 18.2 Å². The van der Waals surface area contributed by atoms with Crippen LogP contribution in [-0.2, 0) is 13.2 Å². The van der Waals surface area contributed by atoms with E-state index in [4.69, 9.17) is 14.0 Å². The second kappa shape index (κ2) is 8.92. The lowest BCUT2D eigenvalue weighted by Crippen LogP contribution is -2.23. The minimum atomic E-state index is -0.199. The molecule has 0 radical (unpaired) electrons. The van der Waals surface area contributed by atoms with Crippen LogP contribution in [0.1, 0.15) is 32.9 Å². The number of methoxy groups -OCH3 is 1. The summed E-state index contributed by atoms with van der Waals surface area (Å²) < 4.78 is 16.5. The van der Waals surface area contributed by atoms with Crippen LogP contribution in [0.2, 0.25) is 0 Å². The monoisotopic (exact) mass is 416 g/mol. The largest absolute Gasteiger partial charge is 0.497 e. The molecule has 0 aliphatic rings. The van der Waals surface area contributed by atoms with E-state index in [0.717, 1.165) is 33.3 Å². The number of hydrogen-bond acceptors (Lipinski definition) is 5. The summed E-state index contributed by atoms with van der Waals surface area (Å²) >= 11 is 0. The minimum Gasteiger partial charge on any atom is -0.497 e. The summed E-state index contributed by atoms with van der Waals surface area (Å²) in [6, 6.07) is 19.2. The molecule has 0 fully saturated rings. The Hall–Kier alpha value is -3.80. The molecule has 4 aromatic rings. The van der Waals surface area contributed by atoms with Gasteiger partial charge in [0, 0.05) is 6.54 Å². The molecule has 0 aliphatic heterocycles. The molecule has 0 unspecified atom stereocenters. The second-order valence-electron chi connectivity index (χ2n) is 7.32. The van der Waals surface area contributed by atoms with Gasteiger partial charge in [-0.05, 0) is 54.4 Å². The normalized spacial score (nSPS) is 10.8. The van der Waals surface area contributed by atoms with Crippen molar-refractivity contribution in [3.8, 4) is 11.5 Å². The Morgan fingerprint density at radius 2 is 1.74 bits per heavy atom. The zero-order valence-electron chi connectivity index (χ0n) is 17.8. The molecule has 1 heterocycles. The number of aryl methyl sites for hydroxylation is 2. The van der Waals surface area contributed by atoms with E-state index in [1.807, 2.05) is 74.5 Å². The highest BCUT2D eigenvalue weighted by Gasteiger charge is 2.16. The van der Waals surface area contributed by atoms with Gasteiger partial charge in [-0.25, -0.2) is 0 Å². The molecule has 0 bridgehead atoms. The zero-order chi connectivity index (χ0) is 21.8. The summed E-state index contributed by atoms with van der Waals surface area (Å²) in [5.74, 6) is 1.81. The SMILES string of the molecule is COc1ccc(CNC(=O)c2cc3ccccc3cc2OCc2c(C)noc2C)cc1. The van der Waals surface area contributed by atoms with E-state index in [1.165, 1.54) is 0 Å². The van der Waals surface area contributed by atoms with Gasteiger partial charge >= 0.3 is 0 Å². The van der Waals surface area contributed by atoms with Gasteiger partial charge in [0.05, 0.1) is 23.9 Å². The number of nitrogens with one attached hydrogen (secondary N) is 1. The molecule has 1 N–H and O–H groups in total. The van der Waals surface area contributed by atoms with Gasteiger partial charge in [0.2, 0.25) is 0 Å². The number of carbonyl (C=O) groups is 1. The smallest absolute Gasteiger partial charge is 0.255 e. The van der Waals surface area contributed by atoms with Crippen molar-refractivity contribution in [3.63, 3.8) is 0 Å². The molecule has 0 aliphatic carbocycles. The molecule has 1 aromatic heterocycles. The van der Waals surface area contributed by atoms with Crippen LogP contribution in [0, 0.1) is 13.8 Å². The summed E-state index contributed by atoms with van der Waals surface area (Å²) in [6.45, 7) is 4.40. The van der Waals surface area contributed by atoms with Gasteiger partial charge in [-0.2, -0.15) is 0 Å². The number of nitrogens with zero attached hydrogens (tertiary/aromatic N) is 1. The third-order valence-corrected chi connectivity index (χ3v) is 5.26. The lowest BCUT2D eigenvalue weighted by molar-refractivity contribution is 0.0946. The number of aromatic nitrogens is 1. The minimum absolute atomic E-state index is 0.199. The molecule has 4 rings (SSSR count). The van der Waals surface area contributed by atoms with Crippen molar-refractivity contribution < 1.29 is 18.8 Å². The zero-order valence-corrected chi connectivity index (χ0v) is 17.8. The molecular formula is C25H24N2O4. The van der Waals surface area contributed by atoms with Crippen LogP contribution in [0.4, 0.5) is 0 Å². The molecule has 0 spiro atoms. The predicted molar refractivity (Wildman–Crippen MR) is 118 cm³/mol. The van der Waals surface area contributed by atoms with E-state index < -0.39 is 0 Å². The Kier molecular flexibility index (Phi) is 5.89. The first-order valence-corrected chi connectivity index (χ1v) is 10.0. The summed E-state index contributed by atoms with van der Waals surface area (Å²) in [7, 11) is 1.63. The highest BCUT2D eigenvalue weighted by atomic mass is 16.5. The average Bonchev–Trinajstić information content (AvgIpc) is 3.12. The summed E-state index contributed by atoms with van der Waals surface area (Å²) in [5.41, 5.74) is 3.13. The van der Waals surface area contributed by atoms with E-state index >= 15 is 0 Å². The van der Waals surface area contributed by atoms with Gasteiger partial charge in [-0.3, -0.25) is 4.79 Å².